The first-order valence-corrected chi connectivity index (χ1v) is 6.65. The maximum atomic E-state index is 3.56. The molecular formula is C15H24N2. The van der Waals surface area contributed by atoms with Crippen molar-refractivity contribution in [3.63, 3.8) is 0 Å². The summed E-state index contributed by atoms with van der Waals surface area (Å²) in [5, 5.41) is 3.56. The Labute approximate surface area is 105 Å². The van der Waals surface area contributed by atoms with E-state index < -0.39 is 0 Å². The number of nitrogens with one attached hydrogen (secondary N) is 1. The van der Waals surface area contributed by atoms with Crippen LogP contribution in [-0.4, -0.2) is 25.2 Å². The number of aryl methyl sites for hydroxylation is 2. The first-order chi connectivity index (χ1) is 8.08. The summed E-state index contributed by atoms with van der Waals surface area (Å²) in [6, 6.07) is 7.97. The largest absolute Gasteiger partial charge is 0.367 e. The van der Waals surface area contributed by atoms with Crippen LogP contribution in [0.25, 0.3) is 0 Å². The van der Waals surface area contributed by atoms with Crippen LogP contribution in [0.2, 0.25) is 0 Å². The summed E-state index contributed by atoms with van der Waals surface area (Å²) in [7, 11) is 0. The molecule has 2 atom stereocenters. The van der Waals surface area contributed by atoms with Gasteiger partial charge in [-0.25, -0.2) is 0 Å². The lowest BCUT2D eigenvalue weighted by Crippen LogP contribution is -2.38. The molecule has 0 saturated carbocycles. The predicted molar refractivity (Wildman–Crippen MR) is 74.8 cm³/mol. The maximum Gasteiger partial charge on any atom is 0.0399 e. The molecule has 1 aromatic rings. The summed E-state index contributed by atoms with van der Waals surface area (Å²) < 4.78 is 0. The molecule has 2 heteroatoms. The number of hydrogen-bond donors (Lipinski definition) is 1. The van der Waals surface area contributed by atoms with Crippen molar-refractivity contribution in [2.75, 3.05) is 18.0 Å². The third-order valence-electron chi connectivity index (χ3n) is 3.72. The molecule has 0 amide bonds. The molecule has 17 heavy (non-hydrogen) atoms. The van der Waals surface area contributed by atoms with E-state index in [0.29, 0.717) is 12.1 Å². The zero-order chi connectivity index (χ0) is 12.4. The molecule has 0 spiro atoms. The number of rotatable bonds is 1. The first-order valence-electron chi connectivity index (χ1n) is 6.65. The summed E-state index contributed by atoms with van der Waals surface area (Å²) >= 11 is 0. The van der Waals surface area contributed by atoms with Crippen molar-refractivity contribution >= 4 is 5.69 Å². The molecule has 1 aliphatic heterocycles. The second-order valence-electron chi connectivity index (χ2n) is 5.44. The summed E-state index contributed by atoms with van der Waals surface area (Å²) in [6.45, 7) is 11.2. The van der Waals surface area contributed by atoms with Crippen molar-refractivity contribution in [1.82, 2.24) is 5.32 Å². The average Bonchev–Trinajstić information content (AvgIpc) is 2.41. The van der Waals surface area contributed by atoms with Gasteiger partial charge >= 0.3 is 0 Å². The standard InChI is InChI=1S/C15H24N2/c1-11-5-6-15(12(2)9-11)17-10-13(3)16-8-7-14(17)4/h5-6,9,13-14,16H,7-8,10H2,1-4H3. The summed E-state index contributed by atoms with van der Waals surface area (Å²) in [4.78, 5) is 2.55. The van der Waals surface area contributed by atoms with Crippen LogP contribution in [0, 0.1) is 13.8 Å². The molecule has 1 heterocycles. The van der Waals surface area contributed by atoms with Crippen molar-refractivity contribution in [1.29, 1.82) is 0 Å². The fourth-order valence-electron chi connectivity index (χ4n) is 2.70. The Kier molecular flexibility index (Phi) is 3.72. The SMILES string of the molecule is Cc1ccc(N2CC(C)NCCC2C)c(C)c1. The van der Waals surface area contributed by atoms with Gasteiger partial charge in [0, 0.05) is 24.3 Å². The molecular weight excluding hydrogens is 208 g/mol. The number of anilines is 1. The van der Waals surface area contributed by atoms with Crippen LogP contribution in [0.5, 0.6) is 0 Å². The smallest absolute Gasteiger partial charge is 0.0399 e. The summed E-state index contributed by atoms with van der Waals surface area (Å²) in [6.07, 6.45) is 1.22. The summed E-state index contributed by atoms with van der Waals surface area (Å²) in [5.74, 6) is 0. The Bertz CT molecular complexity index is 387. The Morgan fingerprint density at radius 3 is 2.71 bits per heavy atom. The highest BCUT2D eigenvalue weighted by atomic mass is 15.2. The van der Waals surface area contributed by atoms with Gasteiger partial charge < -0.3 is 10.2 Å². The Morgan fingerprint density at radius 2 is 2.00 bits per heavy atom. The minimum absolute atomic E-state index is 0.570. The molecule has 1 N–H and O–H groups in total. The third-order valence-corrected chi connectivity index (χ3v) is 3.72. The predicted octanol–water partition coefficient (Wildman–Crippen LogP) is 2.88. The molecule has 1 saturated heterocycles. The molecule has 0 aliphatic carbocycles. The minimum atomic E-state index is 0.570. The lowest BCUT2D eigenvalue weighted by molar-refractivity contribution is 0.584. The van der Waals surface area contributed by atoms with Gasteiger partial charge in [0.15, 0.2) is 0 Å². The fourth-order valence-corrected chi connectivity index (χ4v) is 2.70. The van der Waals surface area contributed by atoms with Crippen LogP contribution < -0.4 is 10.2 Å². The number of hydrogen-bond acceptors (Lipinski definition) is 2. The first kappa shape index (κ1) is 12.4. The van der Waals surface area contributed by atoms with Crippen molar-refractivity contribution in [3.8, 4) is 0 Å². The lowest BCUT2D eigenvalue weighted by Gasteiger charge is -2.32. The van der Waals surface area contributed by atoms with E-state index in [1.807, 2.05) is 0 Å². The monoisotopic (exact) mass is 232 g/mol. The molecule has 1 aliphatic rings. The van der Waals surface area contributed by atoms with Gasteiger partial charge in [-0.15, -0.1) is 0 Å². The second-order valence-corrected chi connectivity index (χ2v) is 5.44. The second kappa shape index (κ2) is 5.09. The summed E-state index contributed by atoms with van der Waals surface area (Å²) in [5.41, 5.74) is 4.14. The van der Waals surface area contributed by atoms with Crippen LogP contribution >= 0.6 is 0 Å². The van der Waals surface area contributed by atoms with Crippen LogP contribution in [0.4, 0.5) is 5.69 Å². The van der Waals surface area contributed by atoms with Gasteiger partial charge in [0.2, 0.25) is 0 Å². The van der Waals surface area contributed by atoms with Gasteiger partial charge in [-0.3, -0.25) is 0 Å². The molecule has 1 fully saturated rings. The maximum absolute atomic E-state index is 3.56. The minimum Gasteiger partial charge on any atom is -0.367 e. The molecule has 1 aromatic carbocycles. The van der Waals surface area contributed by atoms with E-state index >= 15 is 0 Å². The molecule has 0 aromatic heterocycles. The molecule has 2 unspecified atom stereocenters. The average molecular weight is 232 g/mol. The van der Waals surface area contributed by atoms with Crippen LogP contribution in [0.1, 0.15) is 31.4 Å². The van der Waals surface area contributed by atoms with E-state index in [1.54, 1.807) is 0 Å². The fraction of sp³-hybridized carbons (Fsp3) is 0.600. The van der Waals surface area contributed by atoms with E-state index in [-0.39, 0.29) is 0 Å². The van der Waals surface area contributed by atoms with Gasteiger partial charge in [-0.1, -0.05) is 17.7 Å². The van der Waals surface area contributed by atoms with E-state index in [0.717, 1.165) is 13.1 Å². The third kappa shape index (κ3) is 2.81. The highest BCUT2D eigenvalue weighted by Gasteiger charge is 2.21. The van der Waals surface area contributed by atoms with Gasteiger partial charge in [0.05, 0.1) is 0 Å². The Hall–Kier alpha value is -1.02. The Morgan fingerprint density at radius 1 is 1.24 bits per heavy atom. The highest BCUT2D eigenvalue weighted by Crippen LogP contribution is 2.25. The number of benzene rings is 1. The molecule has 0 radical (unpaired) electrons. The topological polar surface area (TPSA) is 15.3 Å². The quantitative estimate of drug-likeness (QED) is 0.801. The van der Waals surface area contributed by atoms with Gasteiger partial charge in [-0.05, 0) is 52.3 Å². The van der Waals surface area contributed by atoms with E-state index in [2.05, 4.69) is 56.1 Å². The van der Waals surface area contributed by atoms with Gasteiger partial charge in [0.1, 0.15) is 0 Å². The lowest BCUT2D eigenvalue weighted by atomic mass is 10.1. The highest BCUT2D eigenvalue weighted by molar-refractivity contribution is 5.55. The van der Waals surface area contributed by atoms with Crippen molar-refractivity contribution in [2.45, 2.75) is 46.2 Å². The molecule has 94 valence electrons. The number of nitrogens with zero attached hydrogens (tertiary/aromatic N) is 1. The van der Waals surface area contributed by atoms with Crippen molar-refractivity contribution in [2.24, 2.45) is 0 Å². The van der Waals surface area contributed by atoms with Crippen molar-refractivity contribution < 1.29 is 0 Å². The van der Waals surface area contributed by atoms with E-state index in [4.69, 9.17) is 0 Å². The van der Waals surface area contributed by atoms with Crippen molar-refractivity contribution in [3.05, 3.63) is 29.3 Å². The molecule has 2 nitrogen and oxygen atoms in total. The van der Waals surface area contributed by atoms with Crippen LogP contribution in [0.3, 0.4) is 0 Å². The van der Waals surface area contributed by atoms with Gasteiger partial charge in [-0.2, -0.15) is 0 Å². The van der Waals surface area contributed by atoms with Crippen LogP contribution in [0.15, 0.2) is 18.2 Å². The normalized spacial score (nSPS) is 25.8. The Balaban J connectivity index is 2.29. The van der Waals surface area contributed by atoms with Crippen LogP contribution in [-0.2, 0) is 0 Å². The zero-order valence-electron chi connectivity index (χ0n) is 11.5. The zero-order valence-corrected chi connectivity index (χ0v) is 11.5. The van der Waals surface area contributed by atoms with E-state index in [1.165, 1.54) is 23.2 Å². The molecule has 0 bridgehead atoms. The van der Waals surface area contributed by atoms with Gasteiger partial charge in [0.25, 0.3) is 0 Å². The van der Waals surface area contributed by atoms with E-state index in [9.17, 15) is 0 Å². The molecule has 2 rings (SSSR count).